The molecule has 1 N–H and O–H groups in total. The number of carbonyl (C=O) groups is 1. The fourth-order valence-electron chi connectivity index (χ4n) is 4.30. The van der Waals surface area contributed by atoms with Crippen LogP contribution in [0.4, 0.5) is 0 Å². The zero-order valence-corrected chi connectivity index (χ0v) is 16.7. The zero-order valence-electron chi connectivity index (χ0n) is 16.7. The van der Waals surface area contributed by atoms with Crippen LogP contribution >= 0.6 is 0 Å². The lowest BCUT2D eigenvalue weighted by molar-refractivity contribution is -0.130. The van der Waals surface area contributed by atoms with Gasteiger partial charge >= 0.3 is 0 Å². The Kier molecular flexibility index (Phi) is 5.67. The van der Waals surface area contributed by atoms with Crippen molar-refractivity contribution in [1.82, 2.24) is 20.2 Å². The van der Waals surface area contributed by atoms with Crippen LogP contribution in [0, 0.1) is 5.41 Å². The fourth-order valence-corrected chi connectivity index (χ4v) is 4.30. The van der Waals surface area contributed by atoms with Crippen molar-refractivity contribution in [2.24, 2.45) is 5.41 Å². The number of aromatic nitrogens is 2. The van der Waals surface area contributed by atoms with E-state index in [9.17, 15) is 4.79 Å². The molecule has 1 amide bonds. The van der Waals surface area contributed by atoms with Gasteiger partial charge in [-0.05, 0) is 53.8 Å². The molecule has 1 aliphatic rings. The predicted molar refractivity (Wildman–Crippen MR) is 114 cm³/mol. The second-order valence-electron chi connectivity index (χ2n) is 7.80. The second kappa shape index (κ2) is 8.53. The molecule has 1 atom stereocenters. The van der Waals surface area contributed by atoms with Crippen LogP contribution in [-0.4, -0.2) is 40.9 Å². The lowest BCUT2D eigenvalue weighted by Gasteiger charge is -2.28. The van der Waals surface area contributed by atoms with E-state index in [4.69, 9.17) is 0 Å². The maximum Gasteiger partial charge on any atom is 0.227 e. The molecule has 3 aromatic rings. The van der Waals surface area contributed by atoms with Gasteiger partial charge in [0.1, 0.15) is 0 Å². The van der Waals surface area contributed by atoms with Crippen molar-refractivity contribution in [3.63, 3.8) is 0 Å². The smallest absolute Gasteiger partial charge is 0.227 e. The number of nitrogens with one attached hydrogen (secondary N) is 1. The first-order chi connectivity index (χ1) is 14.2. The molecule has 1 saturated heterocycles. The molecular weight excluding hydrogens is 360 g/mol. The van der Waals surface area contributed by atoms with Gasteiger partial charge in [0.05, 0.1) is 5.41 Å². The van der Waals surface area contributed by atoms with Crippen molar-refractivity contribution in [3.05, 3.63) is 84.4 Å². The molecule has 2 aromatic heterocycles. The van der Waals surface area contributed by atoms with Crippen molar-refractivity contribution >= 4 is 5.91 Å². The van der Waals surface area contributed by atoms with Gasteiger partial charge in [0, 0.05) is 44.9 Å². The van der Waals surface area contributed by atoms with Crippen LogP contribution in [0.5, 0.6) is 0 Å². The van der Waals surface area contributed by atoms with E-state index >= 15 is 0 Å². The molecule has 0 unspecified atom stereocenters. The molecule has 0 aliphatic carbocycles. The van der Waals surface area contributed by atoms with Gasteiger partial charge in [-0.2, -0.15) is 0 Å². The molecule has 5 heteroatoms. The molecule has 0 radical (unpaired) electrons. The van der Waals surface area contributed by atoms with Crippen LogP contribution < -0.4 is 5.32 Å². The Morgan fingerprint density at radius 1 is 1.03 bits per heavy atom. The van der Waals surface area contributed by atoms with Crippen molar-refractivity contribution in [2.45, 2.75) is 19.4 Å². The van der Waals surface area contributed by atoms with E-state index in [1.54, 1.807) is 19.4 Å². The third kappa shape index (κ3) is 4.35. The zero-order chi connectivity index (χ0) is 20.1. The molecule has 0 spiro atoms. The first-order valence-electron chi connectivity index (χ1n) is 10.0. The summed E-state index contributed by atoms with van der Waals surface area (Å²) in [6.07, 6.45) is 8.92. The Morgan fingerprint density at radius 3 is 2.52 bits per heavy atom. The van der Waals surface area contributed by atoms with Gasteiger partial charge in [0.15, 0.2) is 0 Å². The number of amides is 1. The maximum absolute atomic E-state index is 12.9. The van der Waals surface area contributed by atoms with Gasteiger partial charge in [0.25, 0.3) is 0 Å². The molecular formula is C24H26N4O. The van der Waals surface area contributed by atoms with Gasteiger partial charge in [-0.1, -0.05) is 36.4 Å². The summed E-state index contributed by atoms with van der Waals surface area (Å²) in [6.45, 7) is 2.48. The topological polar surface area (TPSA) is 58.1 Å². The first-order valence-corrected chi connectivity index (χ1v) is 10.0. The molecule has 29 heavy (non-hydrogen) atoms. The van der Waals surface area contributed by atoms with Crippen LogP contribution in [0.25, 0.3) is 11.1 Å². The number of rotatable bonds is 6. The SMILES string of the molecule is CNC(=O)[C@]1(Cc2cccc(-c3cccnc3)c2)CCN(Cc2cccnc2)C1. The van der Waals surface area contributed by atoms with Crippen molar-refractivity contribution in [1.29, 1.82) is 0 Å². The minimum atomic E-state index is -0.412. The number of carbonyl (C=O) groups excluding carboxylic acids is 1. The van der Waals surface area contributed by atoms with Crippen LogP contribution in [0.15, 0.2) is 73.3 Å². The summed E-state index contributed by atoms with van der Waals surface area (Å²) in [5.74, 6) is 0.123. The third-order valence-corrected chi connectivity index (χ3v) is 5.73. The summed E-state index contributed by atoms with van der Waals surface area (Å²) in [4.78, 5) is 23.7. The van der Waals surface area contributed by atoms with Crippen LogP contribution in [0.3, 0.4) is 0 Å². The van der Waals surface area contributed by atoms with Crippen molar-refractivity contribution in [3.8, 4) is 11.1 Å². The minimum absolute atomic E-state index is 0.123. The van der Waals surface area contributed by atoms with E-state index in [-0.39, 0.29) is 5.91 Å². The summed E-state index contributed by atoms with van der Waals surface area (Å²) in [7, 11) is 1.74. The van der Waals surface area contributed by atoms with E-state index < -0.39 is 5.41 Å². The molecule has 1 fully saturated rings. The minimum Gasteiger partial charge on any atom is -0.359 e. The Morgan fingerprint density at radius 2 is 1.79 bits per heavy atom. The second-order valence-corrected chi connectivity index (χ2v) is 7.80. The Hall–Kier alpha value is -3.05. The summed E-state index contributed by atoms with van der Waals surface area (Å²) < 4.78 is 0. The van der Waals surface area contributed by atoms with E-state index in [1.807, 2.05) is 24.5 Å². The average Bonchev–Trinajstić information content (AvgIpc) is 3.18. The largest absolute Gasteiger partial charge is 0.359 e. The summed E-state index contributed by atoms with van der Waals surface area (Å²) in [6, 6.07) is 16.5. The molecule has 1 aliphatic heterocycles. The van der Waals surface area contributed by atoms with E-state index in [2.05, 4.69) is 56.6 Å². The fraction of sp³-hybridized carbons (Fsp3) is 0.292. The summed E-state index contributed by atoms with van der Waals surface area (Å²) in [5.41, 5.74) is 4.17. The number of nitrogens with zero attached hydrogens (tertiary/aromatic N) is 3. The third-order valence-electron chi connectivity index (χ3n) is 5.73. The number of pyridine rings is 2. The Labute approximate surface area is 171 Å². The quantitative estimate of drug-likeness (QED) is 0.706. The molecule has 3 heterocycles. The summed E-state index contributed by atoms with van der Waals surface area (Å²) in [5, 5.41) is 2.91. The van der Waals surface area contributed by atoms with E-state index in [0.29, 0.717) is 0 Å². The highest BCUT2D eigenvalue weighted by atomic mass is 16.2. The lowest BCUT2D eigenvalue weighted by atomic mass is 9.79. The standard InChI is InChI=1S/C24H26N4O/c1-25-23(29)24(9-12-28(18-24)17-20-6-3-10-26-15-20)14-19-5-2-7-21(13-19)22-8-4-11-27-16-22/h2-8,10-11,13,15-16H,9,12,14,17-18H2,1H3,(H,25,29)/t24-/m0/s1. The maximum atomic E-state index is 12.9. The molecule has 1 aromatic carbocycles. The molecule has 0 saturated carbocycles. The Balaban J connectivity index is 1.55. The van der Waals surface area contributed by atoms with Crippen molar-refractivity contribution < 1.29 is 4.79 Å². The number of likely N-dealkylation sites (tertiary alicyclic amines) is 1. The van der Waals surface area contributed by atoms with Gasteiger partial charge < -0.3 is 5.32 Å². The average molecular weight is 386 g/mol. The highest BCUT2D eigenvalue weighted by Crippen LogP contribution is 2.36. The number of hydrogen-bond donors (Lipinski definition) is 1. The van der Waals surface area contributed by atoms with Gasteiger partial charge in [0.2, 0.25) is 5.91 Å². The molecule has 4 rings (SSSR count). The van der Waals surface area contributed by atoms with Gasteiger partial charge in [-0.25, -0.2) is 0 Å². The van der Waals surface area contributed by atoms with Crippen LogP contribution in [0.1, 0.15) is 17.5 Å². The van der Waals surface area contributed by atoms with Crippen molar-refractivity contribution in [2.75, 3.05) is 20.1 Å². The highest BCUT2D eigenvalue weighted by Gasteiger charge is 2.44. The van der Waals surface area contributed by atoms with Crippen LogP contribution in [-0.2, 0) is 17.8 Å². The van der Waals surface area contributed by atoms with E-state index in [1.165, 1.54) is 11.1 Å². The molecule has 0 bridgehead atoms. The molecule has 148 valence electrons. The number of benzene rings is 1. The monoisotopic (exact) mass is 386 g/mol. The van der Waals surface area contributed by atoms with Gasteiger partial charge in [-0.3, -0.25) is 19.7 Å². The van der Waals surface area contributed by atoms with Gasteiger partial charge in [-0.15, -0.1) is 0 Å². The highest BCUT2D eigenvalue weighted by molar-refractivity contribution is 5.83. The number of hydrogen-bond acceptors (Lipinski definition) is 4. The predicted octanol–water partition coefficient (Wildman–Crippen LogP) is 3.32. The lowest BCUT2D eigenvalue weighted by Crippen LogP contribution is -2.43. The first kappa shape index (κ1) is 19.3. The molecule has 5 nitrogen and oxygen atoms in total. The van der Waals surface area contributed by atoms with E-state index in [0.717, 1.165) is 43.6 Å². The normalized spacial score (nSPS) is 19.2. The Bertz CT molecular complexity index is 961. The summed E-state index contributed by atoms with van der Waals surface area (Å²) >= 11 is 0. The van der Waals surface area contributed by atoms with Crippen LogP contribution in [0.2, 0.25) is 0 Å².